The van der Waals surface area contributed by atoms with E-state index < -0.39 is 39.8 Å². The number of rotatable bonds is 4. The second-order valence-electron chi connectivity index (χ2n) is 8.48. The van der Waals surface area contributed by atoms with Gasteiger partial charge in [0.1, 0.15) is 0 Å². The Bertz CT molecular complexity index is 1310. The third-order valence-electron chi connectivity index (χ3n) is 6.58. The van der Waals surface area contributed by atoms with Gasteiger partial charge < -0.3 is 4.74 Å². The number of carbonyl (C=O) groups excluding carboxylic acids is 1. The number of aryl methyl sites for hydroxylation is 1. The Morgan fingerprint density at radius 1 is 1.26 bits per heavy atom. The van der Waals surface area contributed by atoms with Gasteiger partial charge in [-0.15, -0.1) is 0 Å². The van der Waals surface area contributed by atoms with E-state index >= 15 is 0 Å². The van der Waals surface area contributed by atoms with Crippen molar-refractivity contribution in [1.29, 1.82) is 0 Å². The molecule has 6 nitrogen and oxygen atoms in total. The molecule has 7 heteroatoms. The summed E-state index contributed by atoms with van der Waals surface area (Å²) in [5.74, 6) is -1.14. The van der Waals surface area contributed by atoms with Gasteiger partial charge in [0.25, 0.3) is 0 Å². The fourth-order valence-corrected chi connectivity index (χ4v) is 6.42. The minimum absolute atomic E-state index is 0.0759. The summed E-state index contributed by atoms with van der Waals surface area (Å²) in [6.07, 6.45) is -0.256. The number of benzene rings is 2. The van der Waals surface area contributed by atoms with Crippen molar-refractivity contribution in [2.45, 2.75) is 37.6 Å². The smallest absolute Gasteiger partial charge is 0.309 e. The predicted octanol–water partition coefficient (Wildman–Crippen LogP) is 1.81. The Balaban J connectivity index is 1.61. The molecule has 2 aliphatic heterocycles. The quantitative estimate of drug-likeness (QED) is 0.681. The van der Waals surface area contributed by atoms with E-state index in [-0.39, 0.29) is 24.6 Å². The van der Waals surface area contributed by atoms with E-state index in [0.29, 0.717) is 6.42 Å². The molecule has 0 N–H and O–H groups in total. The standard InChI is InChI=1S/C24H26N2O4S/c1-3-30-23(27)20-14-24(20)15-26(31(28,29)17-10-8-16(2)9-11-17)13-12-19-18-6-4-5-7-21(18)25-22(19)24/h4-11,20,22H,3,12-15H2,1-2H3/t20-,22?,24?/m0/s1/i14D/t14?,20-,22?,24?. The SMILES string of the molecule is [2H]C1[C@@H](C(=O)OCC)C12CN(S(=O)(=O)c1ccc(C)cc1)CCC1=c3ccccc3=NC12. The van der Waals surface area contributed by atoms with Gasteiger partial charge in [-0.05, 0) is 50.4 Å². The lowest BCUT2D eigenvalue weighted by Crippen LogP contribution is -2.39. The minimum Gasteiger partial charge on any atom is -0.466 e. The van der Waals surface area contributed by atoms with Gasteiger partial charge in [-0.2, -0.15) is 4.31 Å². The molecule has 2 heterocycles. The lowest BCUT2D eigenvalue weighted by atomic mass is 9.88. The summed E-state index contributed by atoms with van der Waals surface area (Å²) in [5, 5.41) is 1.84. The van der Waals surface area contributed by atoms with Crippen LogP contribution in [0, 0.1) is 18.3 Å². The van der Waals surface area contributed by atoms with Gasteiger partial charge in [0.2, 0.25) is 10.0 Å². The summed E-state index contributed by atoms with van der Waals surface area (Å²) in [7, 11) is -3.78. The summed E-state index contributed by atoms with van der Waals surface area (Å²) in [5.41, 5.74) is 1.08. The molecule has 1 aliphatic carbocycles. The van der Waals surface area contributed by atoms with Crippen LogP contribution in [0.4, 0.5) is 0 Å². The molecule has 1 saturated carbocycles. The molecule has 0 amide bonds. The molecule has 162 valence electrons. The predicted molar refractivity (Wildman–Crippen MR) is 116 cm³/mol. The molecular weight excluding hydrogens is 412 g/mol. The van der Waals surface area contributed by atoms with Crippen LogP contribution in [-0.4, -0.2) is 44.4 Å². The summed E-state index contributed by atoms with van der Waals surface area (Å²) in [6, 6.07) is 14.2. The monoisotopic (exact) mass is 439 g/mol. The van der Waals surface area contributed by atoms with E-state index in [2.05, 4.69) is 0 Å². The maximum atomic E-state index is 13.5. The van der Waals surface area contributed by atoms with Crippen LogP contribution in [0.25, 0.3) is 5.57 Å². The topological polar surface area (TPSA) is 76.0 Å². The number of sulfonamides is 1. The number of hydrogen-bond donors (Lipinski definition) is 0. The molecule has 2 fully saturated rings. The molecule has 2 aromatic rings. The normalized spacial score (nSPS) is 30.1. The van der Waals surface area contributed by atoms with Crippen molar-refractivity contribution in [3.8, 4) is 0 Å². The summed E-state index contributed by atoms with van der Waals surface area (Å²) in [6.45, 7) is 4.23. The molecule has 4 atom stereocenters. The number of nitrogens with zero attached hydrogens (tertiary/aromatic N) is 2. The number of carbonyl (C=O) groups is 1. The maximum Gasteiger partial charge on any atom is 0.309 e. The Morgan fingerprint density at radius 2 is 2.00 bits per heavy atom. The highest BCUT2D eigenvalue weighted by Crippen LogP contribution is 2.60. The van der Waals surface area contributed by atoms with Crippen LogP contribution < -0.4 is 10.6 Å². The first-order chi connectivity index (χ1) is 15.3. The third-order valence-corrected chi connectivity index (χ3v) is 8.44. The van der Waals surface area contributed by atoms with E-state index in [4.69, 9.17) is 11.1 Å². The molecule has 1 saturated heterocycles. The number of fused-ring (bicyclic) bond motifs is 3. The van der Waals surface area contributed by atoms with Crippen molar-refractivity contribution in [3.63, 3.8) is 0 Å². The summed E-state index contributed by atoms with van der Waals surface area (Å²) >= 11 is 0. The van der Waals surface area contributed by atoms with Crippen LogP contribution in [0.1, 0.15) is 26.7 Å². The van der Waals surface area contributed by atoms with Crippen molar-refractivity contribution < 1.29 is 19.3 Å². The highest BCUT2D eigenvalue weighted by molar-refractivity contribution is 7.89. The van der Waals surface area contributed by atoms with Gasteiger partial charge in [0.15, 0.2) is 0 Å². The highest BCUT2D eigenvalue weighted by atomic mass is 32.2. The van der Waals surface area contributed by atoms with Gasteiger partial charge in [0, 0.05) is 25.1 Å². The van der Waals surface area contributed by atoms with Crippen LogP contribution in [0.2, 0.25) is 0 Å². The molecule has 3 unspecified atom stereocenters. The Labute approximate surface area is 183 Å². The molecule has 0 aromatic heterocycles. The number of esters is 1. The van der Waals surface area contributed by atoms with Gasteiger partial charge in [-0.25, -0.2) is 8.42 Å². The molecule has 0 bridgehead atoms. The maximum absolute atomic E-state index is 13.5. The molecule has 5 rings (SSSR count). The number of ether oxygens (including phenoxy) is 1. The third kappa shape index (κ3) is 3.22. The molecule has 0 radical (unpaired) electrons. The van der Waals surface area contributed by atoms with Crippen LogP contribution in [0.15, 0.2) is 58.4 Å². The fourth-order valence-electron chi connectivity index (χ4n) is 4.91. The largest absolute Gasteiger partial charge is 0.466 e. The number of hydrogen-bond acceptors (Lipinski definition) is 5. The molecular formula is C24H26N2O4S. The highest BCUT2D eigenvalue weighted by Gasteiger charge is 2.66. The second-order valence-corrected chi connectivity index (χ2v) is 10.4. The van der Waals surface area contributed by atoms with Gasteiger partial charge in [-0.1, -0.05) is 35.9 Å². The zero-order chi connectivity index (χ0) is 22.7. The van der Waals surface area contributed by atoms with Crippen LogP contribution in [-0.2, 0) is 19.6 Å². The average Bonchev–Trinajstić information content (AvgIpc) is 3.25. The van der Waals surface area contributed by atoms with Crippen LogP contribution >= 0.6 is 0 Å². The lowest BCUT2D eigenvalue weighted by molar-refractivity contribution is -0.145. The van der Waals surface area contributed by atoms with Gasteiger partial charge >= 0.3 is 5.97 Å². The minimum atomic E-state index is -3.78. The summed E-state index contributed by atoms with van der Waals surface area (Å²) in [4.78, 5) is 17.9. The summed E-state index contributed by atoms with van der Waals surface area (Å²) < 4.78 is 42.6. The van der Waals surface area contributed by atoms with E-state index in [1.165, 1.54) is 4.31 Å². The molecule has 31 heavy (non-hydrogen) atoms. The van der Waals surface area contributed by atoms with Crippen molar-refractivity contribution in [2.75, 3.05) is 19.7 Å². The van der Waals surface area contributed by atoms with E-state index in [1.54, 1.807) is 31.2 Å². The first kappa shape index (κ1) is 19.2. The Kier molecular flexibility index (Phi) is 4.51. The zero-order valence-corrected chi connectivity index (χ0v) is 18.4. The van der Waals surface area contributed by atoms with E-state index in [9.17, 15) is 13.2 Å². The lowest BCUT2D eigenvalue weighted by Gasteiger charge is -2.27. The second kappa shape index (κ2) is 7.28. The van der Waals surface area contributed by atoms with E-state index in [0.717, 1.165) is 21.7 Å². The molecule has 2 aromatic carbocycles. The zero-order valence-electron chi connectivity index (χ0n) is 18.6. The fraction of sp³-hybridized carbons (Fsp3) is 0.417. The van der Waals surface area contributed by atoms with Crippen molar-refractivity contribution in [1.82, 2.24) is 4.31 Å². The first-order valence-corrected chi connectivity index (χ1v) is 12.1. The first-order valence-electron chi connectivity index (χ1n) is 11.2. The van der Waals surface area contributed by atoms with Crippen LogP contribution in [0.5, 0.6) is 0 Å². The van der Waals surface area contributed by atoms with Crippen LogP contribution in [0.3, 0.4) is 0 Å². The molecule has 1 spiro atoms. The Morgan fingerprint density at radius 3 is 2.74 bits per heavy atom. The van der Waals surface area contributed by atoms with E-state index in [1.807, 2.05) is 31.2 Å². The van der Waals surface area contributed by atoms with Crippen molar-refractivity contribution in [2.24, 2.45) is 16.3 Å². The number of para-hydroxylation sites is 1. The van der Waals surface area contributed by atoms with Gasteiger partial charge in [0.05, 0.1) is 28.8 Å². The van der Waals surface area contributed by atoms with Gasteiger partial charge in [-0.3, -0.25) is 9.79 Å². The van der Waals surface area contributed by atoms with Crippen molar-refractivity contribution >= 4 is 21.6 Å². The Hall–Kier alpha value is -2.51. The van der Waals surface area contributed by atoms with Crippen molar-refractivity contribution in [3.05, 3.63) is 64.7 Å². The molecule has 3 aliphatic rings. The average molecular weight is 440 g/mol.